The van der Waals surface area contributed by atoms with E-state index in [0.29, 0.717) is 24.7 Å². The van der Waals surface area contributed by atoms with E-state index in [1.165, 1.54) is 0 Å². The van der Waals surface area contributed by atoms with Crippen LogP contribution in [0.1, 0.15) is 5.56 Å². The first-order valence-electron chi connectivity index (χ1n) is 9.52. The van der Waals surface area contributed by atoms with E-state index in [4.69, 9.17) is 19.3 Å². The van der Waals surface area contributed by atoms with Gasteiger partial charge >= 0.3 is 0 Å². The van der Waals surface area contributed by atoms with Gasteiger partial charge in [-0.2, -0.15) is 10.2 Å². The molecule has 0 atom stereocenters. The van der Waals surface area contributed by atoms with Crippen molar-refractivity contribution < 1.29 is 14.2 Å². The van der Waals surface area contributed by atoms with Crippen molar-refractivity contribution >= 4 is 6.21 Å². The molecule has 0 saturated carbocycles. The summed E-state index contributed by atoms with van der Waals surface area (Å²) in [7, 11) is 3.26. The molecule has 29 heavy (non-hydrogen) atoms. The van der Waals surface area contributed by atoms with Crippen LogP contribution in [0.25, 0.3) is 16.9 Å². The van der Waals surface area contributed by atoms with E-state index in [9.17, 15) is 0 Å². The minimum atomic E-state index is 0.662. The van der Waals surface area contributed by atoms with Crippen molar-refractivity contribution in [2.75, 3.05) is 40.5 Å². The molecule has 2 aromatic carbocycles. The van der Waals surface area contributed by atoms with Gasteiger partial charge in [0.25, 0.3) is 0 Å². The minimum absolute atomic E-state index is 0.662. The zero-order chi connectivity index (χ0) is 20.1. The number of rotatable bonds is 6. The second-order valence-corrected chi connectivity index (χ2v) is 6.59. The molecule has 0 radical (unpaired) electrons. The van der Waals surface area contributed by atoms with Crippen LogP contribution in [0.5, 0.6) is 11.5 Å². The SMILES string of the molecule is COc1ccc(-c2nn(-c3ccccc3)cc2/C=N\N2CCOCC2)cc1OC. The largest absolute Gasteiger partial charge is 0.493 e. The van der Waals surface area contributed by atoms with Crippen LogP contribution in [0, 0.1) is 0 Å². The molecule has 0 spiro atoms. The molecule has 1 saturated heterocycles. The van der Waals surface area contributed by atoms with Crippen molar-refractivity contribution in [3.63, 3.8) is 0 Å². The van der Waals surface area contributed by atoms with Crippen LogP contribution in [0.2, 0.25) is 0 Å². The Hall–Kier alpha value is -3.32. The summed E-state index contributed by atoms with van der Waals surface area (Å²) in [5, 5.41) is 11.5. The molecule has 7 nitrogen and oxygen atoms in total. The minimum Gasteiger partial charge on any atom is -0.493 e. The first-order valence-corrected chi connectivity index (χ1v) is 9.52. The second kappa shape index (κ2) is 8.79. The maximum Gasteiger partial charge on any atom is 0.161 e. The van der Waals surface area contributed by atoms with Gasteiger partial charge in [0.05, 0.1) is 52.4 Å². The van der Waals surface area contributed by atoms with Gasteiger partial charge in [-0.25, -0.2) is 4.68 Å². The number of nitrogens with zero attached hydrogens (tertiary/aromatic N) is 4. The number of hydrogen-bond acceptors (Lipinski definition) is 6. The highest BCUT2D eigenvalue weighted by atomic mass is 16.5. The van der Waals surface area contributed by atoms with Gasteiger partial charge in [0, 0.05) is 17.3 Å². The van der Waals surface area contributed by atoms with Gasteiger partial charge in [-0.05, 0) is 30.3 Å². The first-order chi connectivity index (χ1) is 14.3. The summed E-state index contributed by atoms with van der Waals surface area (Å²) in [6.45, 7) is 2.97. The molecule has 7 heteroatoms. The van der Waals surface area contributed by atoms with Crippen molar-refractivity contribution in [2.24, 2.45) is 5.10 Å². The van der Waals surface area contributed by atoms with Gasteiger partial charge in [-0.1, -0.05) is 18.2 Å². The molecular formula is C22H24N4O3. The van der Waals surface area contributed by atoms with E-state index in [2.05, 4.69) is 5.10 Å². The molecule has 0 unspecified atom stereocenters. The summed E-state index contributed by atoms with van der Waals surface area (Å²) >= 11 is 0. The van der Waals surface area contributed by atoms with E-state index < -0.39 is 0 Å². The summed E-state index contributed by atoms with van der Waals surface area (Å²) in [5.74, 6) is 1.35. The maximum atomic E-state index is 5.47. The summed E-state index contributed by atoms with van der Waals surface area (Å²) in [5.41, 5.74) is 3.67. The Morgan fingerprint density at radius 3 is 2.48 bits per heavy atom. The number of methoxy groups -OCH3 is 2. The molecule has 0 bridgehead atoms. The molecule has 0 N–H and O–H groups in total. The highest BCUT2D eigenvalue weighted by Crippen LogP contribution is 2.33. The maximum absolute atomic E-state index is 5.47. The third-order valence-corrected chi connectivity index (χ3v) is 4.77. The monoisotopic (exact) mass is 392 g/mol. The van der Waals surface area contributed by atoms with Crippen molar-refractivity contribution in [1.82, 2.24) is 14.8 Å². The summed E-state index contributed by atoms with van der Waals surface area (Å²) < 4.78 is 18.1. The quantitative estimate of drug-likeness (QED) is 0.603. The standard InChI is InChI=1S/C22H24N4O3/c1-27-20-9-8-17(14-21(20)28-2)22-18(15-23-25-10-12-29-13-11-25)16-26(24-22)19-6-4-3-5-7-19/h3-9,14-16H,10-13H2,1-2H3/b23-15-. The zero-order valence-corrected chi connectivity index (χ0v) is 16.6. The molecule has 1 aromatic heterocycles. The van der Waals surface area contributed by atoms with Gasteiger partial charge in [-0.3, -0.25) is 5.01 Å². The molecule has 0 aliphatic carbocycles. The number of ether oxygens (including phenoxy) is 3. The van der Waals surface area contributed by atoms with Gasteiger partial charge in [-0.15, -0.1) is 0 Å². The number of benzene rings is 2. The van der Waals surface area contributed by atoms with Crippen molar-refractivity contribution in [2.45, 2.75) is 0 Å². The molecule has 1 aliphatic heterocycles. The Bertz CT molecular complexity index is 979. The van der Waals surface area contributed by atoms with E-state index in [1.807, 2.05) is 70.6 Å². The van der Waals surface area contributed by atoms with Gasteiger partial charge in [0.1, 0.15) is 5.69 Å². The highest BCUT2D eigenvalue weighted by molar-refractivity contribution is 5.89. The number of hydrazone groups is 1. The number of hydrogen-bond donors (Lipinski definition) is 0. The fourth-order valence-corrected chi connectivity index (χ4v) is 3.22. The topological polar surface area (TPSA) is 61.1 Å². The fraction of sp³-hybridized carbons (Fsp3) is 0.273. The Kier molecular flexibility index (Phi) is 5.76. The van der Waals surface area contributed by atoms with Gasteiger partial charge in [0.2, 0.25) is 0 Å². The van der Waals surface area contributed by atoms with Crippen LogP contribution < -0.4 is 9.47 Å². The molecule has 0 amide bonds. The average molecular weight is 392 g/mol. The Labute approximate surface area is 170 Å². The molecule has 3 aromatic rings. The lowest BCUT2D eigenvalue weighted by Gasteiger charge is -2.23. The number of morpholine rings is 1. The van der Waals surface area contributed by atoms with Crippen molar-refractivity contribution in [3.05, 3.63) is 60.3 Å². The lowest BCUT2D eigenvalue weighted by Crippen LogP contribution is -2.32. The van der Waals surface area contributed by atoms with Crippen molar-refractivity contribution in [3.8, 4) is 28.4 Å². The number of aromatic nitrogens is 2. The third kappa shape index (κ3) is 4.25. The first kappa shape index (κ1) is 19.0. The van der Waals surface area contributed by atoms with E-state index in [1.54, 1.807) is 14.2 Å². The van der Waals surface area contributed by atoms with Crippen LogP contribution in [0.3, 0.4) is 0 Å². The van der Waals surface area contributed by atoms with Crippen molar-refractivity contribution in [1.29, 1.82) is 0 Å². The predicted octanol–water partition coefficient (Wildman–Crippen LogP) is 3.22. The average Bonchev–Trinajstić information content (AvgIpc) is 3.23. The summed E-state index contributed by atoms with van der Waals surface area (Å²) in [6, 6.07) is 15.8. The van der Waals surface area contributed by atoms with Crippen LogP contribution in [-0.4, -0.2) is 61.5 Å². The molecule has 150 valence electrons. The Balaban J connectivity index is 1.74. The van der Waals surface area contributed by atoms with Crippen LogP contribution in [0.15, 0.2) is 59.8 Å². The van der Waals surface area contributed by atoms with Crippen LogP contribution >= 0.6 is 0 Å². The smallest absolute Gasteiger partial charge is 0.161 e. The van der Waals surface area contributed by atoms with Crippen LogP contribution in [-0.2, 0) is 4.74 Å². The predicted molar refractivity (Wildman–Crippen MR) is 112 cm³/mol. The third-order valence-electron chi connectivity index (χ3n) is 4.77. The van der Waals surface area contributed by atoms with Gasteiger partial charge in [0.15, 0.2) is 11.5 Å². The zero-order valence-electron chi connectivity index (χ0n) is 16.6. The Morgan fingerprint density at radius 1 is 1.00 bits per heavy atom. The summed E-state index contributed by atoms with van der Waals surface area (Å²) in [6.07, 6.45) is 3.86. The van der Waals surface area contributed by atoms with E-state index >= 15 is 0 Å². The van der Waals surface area contributed by atoms with E-state index in [0.717, 1.165) is 35.6 Å². The lowest BCUT2D eigenvalue weighted by molar-refractivity contribution is 0.0397. The molecular weight excluding hydrogens is 368 g/mol. The Morgan fingerprint density at radius 2 is 1.76 bits per heavy atom. The fourth-order valence-electron chi connectivity index (χ4n) is 3.22. The summed E-state index contributed by atoms with van der Waals surface area (Å²) in [4.78, 5) is 0. The van der Waals surface area contributed by atoms with Gasteiger partial charge < -0.3 is 14.2 Å². The lowest BCUT2D eigenvalue weighted by atomic mass is 10.1. The molecule has 1 fully saturated rings. The molecule has 1 aliphatic rings. The normalized spacial score (nSPS) is 14.3. The number of para-hydroxylation sites is 1. The van der Waals surface area contributed by atoms with E-state index in [-0.39, 0.29) is 0 Å². The molecule has 4 rings (SSSR count). The highest BCUT2D eigenvalue weighted by Gasteiger charge is 2.15. The van der Waals surface area contributed by atoms with Crippen LogP contribution in [0.4, 0.5) is 0 Å². The molecule has 2 heterocycles. The second-order valence-electron chi connectivity index (χ2n) is 6.59.